The van der Waals surface area contributed by atoms with Crippen LogP contribution < -0.4 is 0 Å². The molecule has 1 spiro atoms. The molecule has 0 N–H and O–H groups in total. The Hall–Kier alpha value is -8.73. The maximum atomic E-state index is 5.45. The van der Waals surface area contributed by atoms with Crippen LogP contribution in [0.15, 0.2) is 231 Å². The Kier molecular flexibility index (Phi) is 8.59. The fourth-order valence-corrected chi connectivity index (χ4v) is 11.7. The second-order valence-corrected chi connectivity index (χ2v) is 18.2. The van der Waals surface area contributed by atoms with E-state index in [1.54, 1.807) is 0 Å². The number of pyridine rings is 1. The monoisotopic (exact) mass is 866 g/mol. The van der Waals surface area contributed by atoms with E-state index in [1.165, 1.54) is 66.4 Å². The average molecular weight is 867 g/mol. The van der Waals surface area contributed by atoms with Crippen LogP contribution in [0.25, 0.3) is 100 Å². The zero-order valence-corrected chi connectivity index (χ0v) is 37.1. The molecule has 0 bridgehead atoms. The smallest absolute Gasteiger partial charge is 0.160 e. The summed E-state index contributed by atoms with van der Waals surface area (Å²) in [5, 5.41) is 7.54. The number of hydrogen-bond acceptors (Lipinski definition) is 3. The highest BCUT2D eigenvalue weighted by molar-refractivity contribution is 6.12. The van der Waals surface area contributed by atoms with E-state index in [4.69, 9.17) is 15.1 Å². The standard InChI is InChI=1S/C64H42N4/c1-4-18-41(19-5-1)53-40-65-68-61(45-22-8-3-9-23-45)60(51-27-10-11-28-52(51)62(53)68)44-34-32-43(33-35-44)59-39-58(42-20-6-2-7-21-42)66-63(67-59)46-36-37-50-49-26-14-17-31-56(49)64(57(50)38-46)54-29-15-12-24-47(54)48-25-13-16-30-55(48)64/h1-4,6-18,20-40H,5,19H2. The van der Waals surface area contributed by atoms with Gasteiger partial charge in [0.1, 0.15) is 0 Å². The van der Waals surface area contributed by atoms with E-state index in [1.807, 2.05) is 0 Å². The van der Waals surface area contributed by atoms with Gasteiger partial charge in [-0.25, -0.2) is 14.5 Å². The summed E-state index contributed by atoms with van der Waals surface area (Å²) in [6, 6.07) is 74.8. The number of hydrogen-bond donors (Lipinski definition) is 0. The maximum absolute atomic E-state index is 5.45. The molecule has 3 aliphatic carbocycles. The number of aromatic nitrogens is 4. The van der Waals surface area contributed by atoms with Gasteiger partial charge in [0.05, 0.1) is 34.2 Å². The van der Waals surface area contributed by atoms with Gasteiger partial charge in [0, 0.05) is 38.8 Å². The van der Waals surface area contributed by atoms with Crippen molar-refractivity contribution in [3.63, 3.8) is 0 Å². The maximum Gasteiger partial charge on any atom is 0.160 e. The summed E-state index contributed by atoms with van der Waals surface area (Å²) in [6.07, 6.45) is 10.8. The normalized spacial score (nSPS) is 13.9. The first-order valence-corrected chi connectivity index (χ1v) is 23.6. The topological polar surface area (TPSA) is 43.1 Å². The number of nitrogens with zero attached hydrogens (tertiary/aromatic N) is 4. The van der Waals surface area contributed by atoms with E-state index < -0.39 is 5.41 Å². The van der Waals surface area contributed by atoms with Gasteiger partial charge in [0.2, 0.25) is 0 Å². The van der Waals surface area contributed by atoms with E-state index >= 15 is 0 Å². The molecule has 0 unspecified atom stereocenters. The minimum absolute atomic E-state index is 0.459. The van der Waals surface area contributed by atoms with Crippen LogP contribution in [0.1, 0.15) is 40.7 Å². The van der Waals surface area contributed by atoms with E-state index in [2.05, 4.69) is 235 Å². The largest absolute Gasteiger partial charge is 0.231 e. The third-order valence-electron chi connectivity index (χ3n) is 14.6. The van der Waals surface area contributed by atoms with Crippen molar-refractivity contribution in [1.82, 2.24) is 19.6 Å². The van der Waals surface area contributed by atoms with Crippen molar-refractivity contribution >= 4 is 21.9 Å². The summed E-state index contributed by atoms with van der Waals surface area (Å²) in [5.41, 5.74) is 22.8. The van der Waals surface area contributed by atoms with E-state index in [9.17, 15) is 0 Å². The predicted octanol–water partition coefficient (Wildman–Crippen LogP) is 15.7. The highest BCUT2D eigenvalue weighted by Gasteiger charge is 2.51. The molecule has 8 aromatic carbocycles. The van der Waals surface area contributed by atoms with Gasteiger partial charge in [0.25, 0.3) is 0 Å². The van der Waals surface area contributed by atoms with E-state index in [0.29, 0.717) is 5.82 Å². The van der Waals surface area contributed by atoms with Gasteiger partial charge in [-0.3, -0.25) is 0 Å². The van der Waals surface area contributed by atoms with Crippen LogP contribution in [0.2, 0.25) is 0 Å². The zero-order valence-electron chi connectivity index (χ0n) is 37.1. The summed E-state index contributed by atoms with van der Waals surface area (Å²) >= 11 is 0. The van der Waals surface area contributed by atoms with Gasteiger partial charge in [-0.1, -0.05) is 212 Å². The van der Waals surface area contributed by atoms with Crippen molar-refractivity contribution in [3.8, 4) is 78.5 Å². The SMILES string of the molecule is C1=CCCC(c2cnn3c(-c4ccccc4)c(-c4ccc(-c5cc(-c6ccccc6)nc(-c6ccc7c(c6)C6(c8ccccc8-c8ccccc86)c6ccccc6-7)n5)cc4)c4ccccc4c23)=C1. The van der Waals surface area contributed by atoms with Crippen LogP contribution in [0.3, 0.4) is 0 Å². The van der Waals surface area contributed by atoms with Crippen molar-refractivity contribution in [2.24, 2.45) is 0 Å². The zero-order chi connectivity index (χ0) is 44.8. The van der Waals surface area contributed by atoms with Crippen LogP contribution in [-0.4, -0.2) is 19.6 Å². The van der Waals surface area contributed by atoms with Gasteiger partial charge in [-0.05, 0) is 86.0 Å². The molecule has 11 aromatic rings. The fraction of sp³-hybridized carbons (Fsp3) is 0.0469. The van der Waals surface area contributed by atoms with Crippen LogP contribution in [0, 0.1) is 0 Å². The molecule has 0 atom stereocenters. The first kappa shape index (κ1) is 38.5. The van der Waals surface area contributed by atoms with Gasteiger partial charge < -0.3 is 0 Å². The van der Waals surface area contributed by atoms with E-state index in [0.717, 1.165) is 68.8 Å². The van der Waals surface area contributed by atoms with Gasteiger partial charge in [-0.2, -0.15) is 5.10 Å². The molecule has 0 aliphatic heterocycles. The summed E-state index contributed by atoms with van der Waals surface area (Å²) < 4.78 is 2.18. The van der Waals surface area contributed by atoms with Crippen LogP contribution in [0.4, 0.5) is 0 Å². The highest BCUT2D eigenvalue weighted by Crippen LogP contribution is 2.63. The summed E-state index contributed by atoms with van der Waals surface area (Å²) in [5.74, 6) is 0.694. The average Bonchev–Trinajstić information content (AvgIpc) is 4.09. The van der Waals surface area contributed by atoms with Crippen molar-refractivity contribution < 1.29 is 0 Å². The molecule has 3 aliphatic rings. The lowest BCUT2D eigenvalue weighted by Crippen LogP contribution is -2.25. The second-order valence-electron chi connectivity index (χ2n) is 18.2. The van der Waals surface area contributed by atoms with Crippen LogP contribution >= 0.6 is 0 Å². The third kappa shape index (κ3) is 5.64. The summed E-state index contributed by atoms with van der Waals surface area (Å²) in [6.45, 7) is 0. The molecule has 0 radical (unpaired) electrons. The Bertz CT molecular complexity index is 3830. The van der Waals surface area contributed by atoms with Gasteiger partial charge in [0.15, 0.2) is 5.82 Å². The molecule has 0 saturated heterocycles. The van der Waals surface area contributed by atoms with Crippen LogP contribution in [-0.2, 0) is 5.41 Å². The summed E-state index contributed by atoms with van der Waals surface area (Å²) in [7, 11) is 0. The molecular weight excluding hydrogens is 825 g/mol. The summed E-state index contributed by atoms with van der Waals surface area (Å²) in [4.78, 5) is 10.8. The number of fused-ring (bicyclic) bond motifs is 13. The van der Waals surface area contributed by atoms with E-state index in [-0.39, 0.29) is 0 Å². The first-order chi connectivity index (χ1) is 33.7. The minimum Gasteiger partial charge on any atom is -0.231 e. The van der Waals surface area contributed by atoms with Crippen LogP contribution in [0.5, 0.6) is 0 Å². The first-order valence-electron chi connectivity index (χ1n) is 23.6. The molecule has 3 heterocycles. The van der Waals surface area contributed by atoms with Gasteiger partial charge in [-0.15, -0.1) is 0 Å². The lowest BCUT2D eigenvalue weighted by atomic mass is 9.70. The highest BCUT2D eigenvalue weighted by atomic mass is 15.2. The van der Waals surface area contributed by atoms with Crippen molar-refractivity contribution in [2.45, 2.75) is 18.3 Å². The predicted molar refractivity (Wildman–Crippen MR) is 278 cm³/mol. The molecule has 0 fully saturated rings. The van der Waals surface area contributed by atoms with Crippen molar-refractivity contribution in [1.29, 1.82) is 0 Å². The quantitative estimate of drug-likeness (QED) is 0.167. The molecule has 318 valence electrons. The Morgan fingerprint density at radius 1 is 0.426 bits per heavy atom. The number of allylic oxidation sites excluding steroid dienone is 4. The lowest BCUT2D eigenvalue weighted by molar-refractivity contribution is 0.794. The Balaban J connectivity index is 0.942. The van der Waals surface area contributed by atoms with Gasteiger partial charge >= 0.3 is 0 Å². The Labute approximate surface area is 394 Å². The molecule has 4 nitrogen and oxygen atoms in total. The van der Waals surface area contributed by atoms with Crippen molar-refractivity contribution in [2.75, 3.05) is 0 Å². The number of rotatable bonds is 6. The molecule has 3 aromatic heterocycles. The third-order valence-corrected chi connectivity index (χ3v) is 14.6. The molecule has 4 heteroatoms. The molecule has 0 amide bonds. The fourth-order valence-electron chi connectivity index (χ4n) is 11.7. The Morgan fingerprint density at radius 2 is 0.956 bits per heavy atom. The molecule has 0 saturated carbocycles. The number of benzene rings is 8. The second kappa shape index (κ2) is 15.2. The minimum atomic E-state index is -0.459. The van der Waals surface area contributed by atoms with Crippen molar-refractivity contribution in [3.05, 3.63) is 258 Å². The lowest BCUT2D eigenvalue weighted by Gasteiger charge is -2.30. The molecule has 68 heavy (non-hydrogen) atoms. The Morgan fingerprint density at radius 3 is 1.59 bits per heavy atom. The molecular formula is C64H42N4. The molecule has 14 rings (SSSR count).